The molecule has 1 rings (SSSR count). The van der Waals surface area contributed by atoms with Gasteiger partial charge < -0.3 is 0 Å². The summed E-state index contributed by atoms with van der Waals surface area (Å²) >= 11 is 0. The van der Waals surface area contributed by atoms with Crippen molar-refractivity contribution in [2.75, 3.05) is 4.90 Å². The van der Waals surface area contributed by atoms with E-state index in [9.17, 15) is 22.8 Å². The van der Waals surface area contributed by atoms with Crippen molar-refractivity contribution in [3.63, 3.8) is 0 Å². The molecule has 16 heavy (non-hydrogen) atoms. The van der Waals surface area contributed by atoms with Crippen molar-refractivity contribution in [2.24, 2.45) is 0 Å². The van der Waals surface area contributed by atoms with Gasteiger partial charge in [0.2, 0.25) is 11.8 Å². The zero-order valence-electron chi connectivity index (χ0n) is 8.55. The number of benzene rings is 1. The van der Waals surface area contributed by atoms with Gasteiger partial charge in [0.25, 0.3) is 0 Å². The lowest BCUT2D eigenvalue weighted by Gasteiger charge is -2.17. The summed E-state index contributed by atoms with van der Waals surface area (Å²) in [5, 5.41) is 0. The van der Waals surface area contributed by atoms with Crippen LogP contribution >= 0.6 is 0 Å². The van der Waals surface area contributed by atoms with Gasteiger partial charge in [0.15, 0.2) is 17.5 Å². The largest absolute Gasteiger partial charge is 0.274 e. The van der Waals surface area contributed by atoms with E-state index in [1.165, 1.54) is 0 Å². The summed E-state index contributed by atoms with van der Waals surface area (Å²) in [7, 11) is 0. The first-order chi connectivity index (χ1) is 7.36. The number of rotatable bonds is 1. The fourth-order valence-corrected chi connectivity index (χ4v) is 1.25. The Labute approximate surface area is 89.5 Å². The van der Waals surface area contributed by atoms with Crippen LogP contribution in [0.15, 0.2) is 12.1 Å². The molecule has 0 aromatic heterocycles. The number of carbonyl (C=O) groups is 2. The Morgan fingerprint density at radius 3 is 1.94 bits per heavy atom. The summed E-state index contributed by atoms with van der Waals surface area (Å²) in [6.45, 7) is 2.03. The second-order valence-electron chi connectivity index (χ2n) is 3.07. The molecule has 1 aromatic rings. The Morgan fingerprint density at radius 2 is 1.50 bits per heavy atom. The van der Waals surface area contributed by atoms with Crippen LogP contribution in [0.5, 0.6) is 0 Å². The number of imide groups is 1. The molecule has 86 valence electrons. The van der Waals surface area contributed by atoms with Gasteiger partial charge in [-0.05, 0) is 12.1 Å². The predicted molar refractivity (Wildman–Crippen MR) is 50.2 cm³/mol. The predicted octanol–water partition coefficient (Wildman–Crippen LogP) is 2.00. The summed E-state index contributed by atoms with van der Waals surface area (Å²) in [4.78, 5) is 22.5. The van der Waals surface area contributed by atoms with Crippen molar-refractivity contribution < 1.29 is 22.8 Å². The molecule has 0 bridgehead atoms. The van der Waals surface area contributed by atoms with Crippen LogP contribution in [0.4, 0.5) is 18.9 Å². The first-order valence-corrected chi connectivity index (χ1v) is 4.31. The highest BCUT2D eigenvalue weighted by molar-refractivity contribution is 6.13. The molecular formula is C10H8F3NO2. The molecule has 1 aromatic carbocycles. The Balaban J connectivity index is 3.37. The number of nitrogens with zero attached hydrogens (tertiary/aromatic N) is 1. The monoisotopic (exact) mass is 231 g/mol. The first-order valence-electron chi connectivity index (χ1n) is 4.31. The van der Waals surface area contributed by atoms with Gasteiger partial charge in [-0.1, -0.05) is 0 Å². The first kappa shape index (κ1) is 12.2. The van der Waals surface area contributed by atoms with Crippen LogP contribution in [0.1, 0.15) is 13.8 Å². The summed E-state index contributed by atoms with van der Waals surface area (Å²) in [5.74, 6) is -6.22. The summed E-state index contributed by atoms with van der Waals surface area (Å²) in [6.07, 6.45) is 0. The lowest BCUT2D eigenvalue weighted by Crippen LogP contribution is -2.34. The second kappa shape index (κ2) is 4.34. The van der Waals surface area contributed by atoms with Crippen molar-refractivity contribution in [2.45, 2.75) is 13.8 Å². The highest BCUT2D eigenvalue weighted by Gasteiger charge is 2.23. The van der Waals surface area contributed by atoms with E-state index < -0.39 is 35.0 Å². The van der Waals surface area contributed by atoms with Crippen molar-refractivity contribution in [1.82, 2.24) is 0 Å². The minimum Gasteiger partial charge on any atom is -0.274 e. The molecule has 6 heteroatoms. The van der Waals surface area contributed by atoms with E-state index >= 15 is 0 Å². The maximum Gasteiger partial charge on any atom is 0.230 e. The van der Waals surface area contributed by atoms with Crippen molar-refractivity contribution >= 4 is 17.5 Å². The molecule has 0 aliphatic rings. The highest BCUT2D eigenvalue weighted by Crippen LogP contribution is 2.23. The van der Waals surface area contributed by atoms with E-state index in [4.69, 9.17) is 0 Å². The number of carbonyl (C=O) groups excluding carboxylic acids is 2. The fourth-order valence-electron chi connectivity index (χ4n) is 1.25. The molecule has 0 spiro atoms. The van der Waals surface area contributed by atoms with Crippen LogP contribution in [-0.4, -0.2) is 11.8 Å². The third-order valence-electron chi connectivity index (χ3n) is 1.89. The van der Waals surface area contributed by atoms with E-state index in [1.54, 1.807) is 0 Å². The van der Waals surface area contributed by atoms with Crippen LogP contribution in [0.2, 0.25) is 0 Å². The SMILES string of the molecule is CC(=O)N(C(C)=O)c1ccc(F)c(F)c1F. The fraction of sp³-hybridized carbons (Fsp3) is 0.200. The lowest BCUT2D eigenvalue weighted by atomic mass is 10.2. The Kier molecular flexibility index (Phi) is 3.31. The molecule has 2 amide bonds. The van der Waals surface area contributed by atoms with Gasteiger partial charge in [0.1, 0.15) is 0 Å². The van der Waals surface area contributed by atoms with Crippen LogP contribution in [-0.2, 0) is 9.59 Å². The highest BCUT2D eigenvalue weighted by atomic mass is 19.2. The van der Waals surface area contributed by atoms with Crippen LogP contribution in [0.3, 0.4) is 0 Å². The van der Waals surface area contributed by atoms with E-state index in [2.05, 4.69) is 0 Å². The molecule has 0 fully saturated rings. The van der Waals surface area contributed by atoms with E-state index in [-0.39, 0.29) is 0 Å². The smallest absolute Gasteiger partial charge is 0.230 e. The van der Waals surface area contributed by atoms with Crippen LogP contribution in [0, 0.1) is 17.5 Å². The summed E-state index contributed by atoms with van der Waals surface area (Å²) in [5.41, 5.74) is -0.598. The standard InChI is InChI=1S/C10H8F3NO2/c1-5(15)14(6(2)16)8-4-3-7(11)9(12)10(8)13/h3-4H,1-2H3. The quantitative estimate of drug-likeness (QED) is 0.693. The maximum absolute atomic E-state index is 13.3. The zero-order chi connectivity index (χ0) is 12.5. The minimum atomic E-state index is -1.72. The summed E-state index contributed by atoms with van der Waals surface area (Å²) in [6, 6.07) is 1.48. The molecule has 0 N–H and O–H groups in total. The topological polar surface area (TPSA) is 37.4 Å². The second-order valence-corrected chi connectivity index (χ2v) is 3.07. The number of halogens is 3. The van der Waals surface area contributed by atoms with Gasteiger partial charge in [-0.3, -0.25) is 9.59 Å². The van der Waals surface area contributed by atoms with Gasteiger partial charge in [0.05, 0.1) is 5.69 Å². The average molecular weight is 231 g/mol. The van der Waals surface area contributed by atoms with Crippen molar-refractivity contribution in [3.05, 3.63) is 29.6 Å². The van der Waals surface area contributed by atoms with E-state index in [0.717, 1.165) is 19.9 Å². The zero-order valence-corrected chi connectivity index (χ0v) is 8.55. The average Bonchev–Trinajstić information content (AvgIpc) is 2.17. The normalized spacial score (nSPS) is 10.1. The van der Waals surface area contributed by atoms with Gasteiger partial charge in [-0.25, -0.2) is 18.1 Å². The Morgan fingerprint density at radius 1 is 1.00 bits per heavy atom. The van der Waals surface area contributed by atoms with E-state index in [1.807, 2.05) is 0 Å². The summed E-state index contributed by atoms with van der Waals surface area (Å²) < 4.78 is 38.8. The number of hydrogen-bond donors (Lipinski definition) is 0. The van der Waals surface area contributed by atoms with Gasteiger partial charge in [-0.15, -0.1) is 0 Å². The Bertz CT molecular complexity index is 446. The molecule has 0 aliphatic carbocycles. The molecule has 0 aliphatic heterocycles. The number of anilines is 1. The molecule has 0 heterocycles. The van der Waals surface area contributed by atoms with Crippen molar-refractivity contribution in [3.8, 4) is 0 Å². The van der Waals surface area contributed by atoms with Crippen molar-refractivity contribution in [1.29, 1.82) is 0 Å². The molecule has 0 radical (unpaired) electrons. The van der Waals surface area contributed by atoms with Crippen LogP contribution in [0.25, 0.3) is 0 Å². The number of hydrogen-bond acceptors (Lipinski definition) is 2. The van der Waals surface area contributed by atoms with Gasteiger partial charge in [0, 0.05) is 13.8 Å². The molecular weight excluding hydrogens is 223 g/mol. The minimum absolute atomic E-state index is 0.428. The van der Waals surface area contributed by atoms with Gasteiger partial charge in [-0.2, -0.15) is 0 Å². The molecule has 0 saturated carbocycles. The Hall–Kier alpha value is -1.85. The third kappa shape index (κ3) is 2.05. The van der Waals surface area contributed by atoms with E-state index in [0.29, 0.717) is 11.0 Å². The maximum atomic E-state index is 13.3. The molecule has 0 atom stereocenters. The molecule has 3 nitrogen and oxygen atoms in total. The molecule has 0 unspecified atom stereocenters. The molecule has 0 saturated heterocycles. The lowest BCUT2D eigenvalue weighted by molar-refractivity contribution is -0.124. The van der Waals surface area contributed by atoms with Crippen LogP contribution < -0.4 is 4.90 Å². The number of amides is 2. The van der Waals surface area contributed by atoms with Gasteiger partial charge >= 0.3 is 0 Å². The third-order valence-corrected chi connectivity index (χ3v) is 1.89.